The molecule has 2 heteroatoms. The quantitative estimate of drug-likeness (QED) is 0.877. The van der Waals surface area contributed by atoms with Crippen LogP contribution in [0.3, 0.4) is 0 Å². The van der Waals surface area contributed by atoms with E-state index in [1.54, 1.807) is 7.11 Å². The van der Waals surface area contributed by atoms with Gasteiger partial charge in [-0.3, -0.25) is 0 Å². The Morgan fingerprint density at radius 3 is 2.44 bits per heavy atom. The lowest BCUT2D eigenvalue weighted by Gasteiger charge is -2.36. The molecule has 0 aliphatic heterocycles. The van der Waals surface area contributed by atoms with Gasteiger partial charge in [0.15, 0.2) is 0 Å². The average Bonchev–Trinajstić information content (AvgIpc) is 2.38. The fraction of sp³-hybridized carbons (Fsp3) is 0.625. The van der Waals surface area contributed by atoms with Gasteiger partial charge < -0.3 is 9.84 Å². The highest BCUT2D eigenvalue weighted by Gasteiger charge is 2.32. The van der Waals surface area contributed by atoms with Crippen molar-refractivity contribution in [3.63, 3.8) is 0 Å². The lowest BCUT2D eigenvalue weighted by Crippen LogP contribution is -2.25. The Balaban J connectivity index is 2.10. The molecule has 0 aromatic heterocycles. The Kier molecular flexibility index (Phi) is 3.96. The first-order chi connectivity index (χ1) is 8.53. The first-order valence-electron chi connectivity index (χ1n) is 6.84. The maximum absolute atomic E-state index is 10.5. The van der Waals surface area contributed by atoms with Crippen molar-refractivity contribution in [2.24, 2.45) is 11.3 Å². The molecular formula is C16H24O2. The van der Waals surface area contributed by atoms with E-state index in [1.165, 1.54) is 12.8 Å². The van der Waals surface area contributed by atoms with Gasteiger partial charge >= 0.3 is 0 Å². The topological polar surface area (TPSA) is 29.5 Å². The van der Waals surface area contributed by atoms with E-state index in [-0.39, 0.29) is 0 Å². The minimum Gasteiger partial charge on any atom is -0.496 e. The highest BCUT2D eigenvalue weighted by Crippen LogP contribution is 2.43. The number of para-hydroxylation sites is 1. The van der Waals surface area contributed by atoms with Crippen LogP contribution in [0.4, 0.5) is 0 Å². The molecule has 1 saturated carbocycles. The molecule has 100 valence electrons. The van der Waals surface area contributed by atoms with Gasteiger partial charge in [-0.25, -0.2) is 0 Å². The lowest BCUT2D eigenvalue weighted by atomic mass is 9.71. The smallest absolute Gasteiger partial charge is 0.124 e. The molecule has 1 unspecified atom stereocenters. The Morgan fingerprint density at radius 2 is 1.83 bits per heavy atom. The largest absolute Gasteiger partial charge is 0.496 e. The fourth-order valence-electron chi connectivity index (χ4n) is 2.90. The summed E-state index contributed by atoms with van der Waals surface area (Å²) < 4.78 is 5.34. The molecule has 0 saturated heterocycles. The van der Waals surface area contributed by atoms with Crippen LogP contribution >= 0.6 is 0 Å². The van der Waals surface area contributed by atoms with E-state index >= 15 is 0 Å². The van der Waals surface area contributed by atoms with Crippen LogP contribution in [0.25, 0.3) is 0 Å². The number of methoxy groups -OCH3 is 1. The molecular weight excluding hydrogens is 224 g/mol. The molecule has 0 heterocycles. The average molecular weight is 248 g/mol. The second-order valence-electron chi connectivity index (χ2n) is 6.19. The minimum atomic E-state index is -0.391. The van der Waals surface area contributed by atoms with Crippen molar-refractivity contribution in [2.75, 3.05) is 7.11 Å². The monoisotopic (exact) mass is 248 g/mol. The molecule has 1 fully saturated rings. The van der Waals surface area contributed by atoms with Crippen LogP contribution in [0.2, 0.25) is 0 Å². The van der Waals surface area contributed by atoms with Gasteiger partial charge in [0.25, 0.3) is 0 Å². The summed E-state index contributed by atoms with van der Waals surface area (Å²) in [5.74, 6) is 1.17. The number of ether oxygens (including phenoxy) is 1. The summed E-state index contributed by atoms with van der Waals surface area (Å²) in [5, 5.41) is 10.5. The third-order valence-corrected chi connectivity index (χ3v) is 4.29. The van der Waals surface area contributed by atoms with Crippen molar-refractivity contribution < 1.29 is 9.84 Å². The van der Waals surface area contributed by atoms with Gasteiger partial charge in [0.1, 0.15) is 5.75 Å². The number of aliphatic hydroxyl groups excluding tert-OH is 1. The molecule has 1 aromatic rings. The summed E-state index contributed by atoms with van der Waals surface area (Å²) in [4.78, 5) is 0. The van der Waals surface area contributed by atoms with E-state index < -0.39 is 6.10 Å². The molecule has 2 nitrogen and oxygen atoms in total. The van der Waals surface area contributed by atoms with Gasteiger partial charge in [0.05, 0.1) is 13.2 Å². The first-order valence-corrected chi connectivity index (χ1v) is 6.84. The lowest BCUT2D eigenvalue weighted by molar-refractivity contribution is 0.0550. The zero-order valence-corrected chi connectivity index (χ0v) is 11.6. The second kappa shape index (κ2) is 5.31. The molecule has 18 heavy (non-hydrogen) atoms. The first kappa shape index (κ1) is 13.4. The molecule has 0 spiro atoms. The summed E-state index contributed by atoms with van der Waals surface area (Å²) in [6.07, 6.45) is 4.21. The maximum Gasteiger partial charge on any atom is 0.124 e. The summed E-state index contributed by atoms with van der Waals surface area (Å²) in [7, 11) is 1.66. The summed E-state index contributed by atoms with van der Waals surface area (Å²) in [6.45, 7) is 4.64. The van der Waals surface area contributed by atoms with E-state index in [0.717, 1.165) is 24.2 Å². The fourth-order valence-corrected chi connectivity index (χ4v) is 2.90. The van der Waals surface area contributed by atoms with Crippen LogP contribution in [0.5, 0.6) is 5.75 Å². The van der Waals surface area contributed by atoms with Crippen molar-refractivity contribution in [2.45, 2.75) is 45.6 Å². The summed E-state index contributed by atoms with van der Waals surface area (Å²) >= 11 is 0. The molecule has 0 amide bonds. The van der Waals surface area contributed by atoms with Crippen molar-refractivity contribution in [3.05, 3.63) is 29.8 Å². The van der Waals surface area contributed by atoms with Crippen LogP contribution in [0, 0.1) is 11.3 Å². The van der Waals surface area contributed by atoms with E-state index in [2.05, 4.69) is 13.8 Å². The standard InChI is InChI=1S/C16H24O2/c1-16(2)10-8-12(9-11-16)15(17)13-6-4-5-7-14(13)18-3/h4-7,12,15,17H,8-11H2,1-3H3. The van der Waals surface area contributed by atoms with E-state index in [1.807, 2.05) is 24.3 Å². The predicted molar refractivity (Wildman–Crippen MR) is 73.7 cm³/mol. The van der Waals surface area contributed by atoms with Crippen molar-refractivity contribution in [1.29, 1.82) is 0 Å². The Labute approximate surface area is 110 Å². The molecule has 1 aliphatic rings. The zero-order chi connectivity index (χ0) is 13.2. The highest BCUT2D eigenvalue weighted by molar-refractivity contribution is 5.35. The van der Waals surface area contributed by atoms with Crippen LogP contribution < -0.4 is 4.74 Å². The predicted octanol–water partition coefficient (Wildman–Crippen LogP) is 3.95. The van der Waals surface area contributed by atoms with E-state index in [0.29, 0.717) is 11.3 Å². The van der Waals surface area contributed by atoms with Crippen LogP contribution in [-0.4, -0.2) is 12.2 Å². The minimum absolute atomic E-state index is 0.370. The number of benzene rings is 1. The molecule has 0 radical (unpaired) electrons. The van der Waals surface area contributed by atoms with Gasteiger partial charge in [0, 0.05) is 5.56 Å². The van der Waals surface area contributed by atoms with Gasteiger partial charge in [0.2, 0.25) is 0 Å². The molecule has 2 rings (SSSR count). The van der Waals surface area contributed by atoms with Gasteiger partial charge in [-0.15, -0.1) is 0 Å². The Bertz CT molecular complexity index is 388. The van der Waals surface area contributed by atoms with Crippen LogP contribution in [-0.2, 0) is 0 Å². The number of rotatable bonds is 3. The van der Waals surface area contributed by atoms with E-state index in [9.17, 15) is 5.11 Å². The van der Waals surface area contributed by atoms with Crippen molar-refractivity contribution in [3.8, 4) is 5.75 Å². The summed E-state index contributed by atoms with van der Waals surface area (Å²) in [5.41, 5.74) is 1.38. The Morgan fingerprint density at radius 1 is 1.22 bits per heavy atom. The van der Waals surface area contributed by atoms with Crippen LogP contribution in [0.1, 0.15) is 51.2 Å². The molecule has 1 atom stereocenters. The highest BCUT2D eigenvalue weighted by atomic mass is 16.5. The molecule has 1 aliphatic carbocycles. The third kappa shape index (κ3) is 2.86. The van der Waals surface area contributed by atoms with Crippen molar-refractivity contribution in [1.82, 2.24) is 0 Å². The maximum atomic E-state index is 10.5. The second-order valence-corrected chi connectivity index (χ2v) is 6.19. The SMILES string of the molecule is COc1ccccc1C(O)C1CCC(C)(C)CC1. The van der Waals surface area contributed by atoms with E-state index in [4.69, 9.17) is 4.74 Å². The van der Waals surface area contributed by atoms with Gasteiger partial charge in [-0.1, -0.05) is 32.0 Å². The van der Waals surface area contributed by atoms with Gasteiger partial charge in [-0.05, 0) is 43.1 Å². The molecule has 1 aromatic carbocycles. The van der Waals surface area contributed by atoms with Crippen molar-refractivity contribution >= 4 is 0 Å². The number of aliphatic hydroxyl groups is 1. The Hall–Kier alpha value is -1.02. The summed E-state index contributed by atoms with van der Waals surface area (Å²) in [6, 6.07) is 7.81. The normalized spacial score (nSPS) is 21.6. The van der Waals surface area contributed by atoms with Crippen LogP contribution in [0.15, 0.2) is 24.3 Å². The third-order valence-electron chi connectivity index (χ3n) is 4.29. The number of hydrogen-bond acceptors (Lipinski definition) is 2. The molecule has 1 N–H and O–H groups in total. The molecule has 0 bridgehead atoms. The number of hydrogen-bond donors (Lipinski definition) is 1. The zero-order valence-electron chi connectivity index (χ0n) is 11.6. The van der Waals surface area contributed by atoms with Gasteiger partial charge in [-0.2, -0.15) is 0 Å².